The lowest BCUT2D eigenvalue weighted by Crippen LogP contribution is -1.91. The van der Waals surface area contributed by atoms with E-state index in [1.54, 1.807) is 24.3 Å². The number of hydrogen-bond acceptors (Lipinski definition) is 1. The summed E-state index contributed by atoms with van der Waals surface area (Å²) in [5.41, 5.74) is 2.35. The maximum atomic E-state index is 9.38. The van der Waals surface area contributed by atoms with Gasteiger partial charge in [0, 0.05) is 16.3 Å². The highest BCUT2D eigenvalue weighted by molar-refractivity contribution is 6.21. The summed E-state index contributed by atoms with van der Waals surface area (Å²) < 4.78 is 139. The molecule has 200 valence electrons. The third-order valence-corrected chi connectivity index (χ3v) is 7.76. The smallest absolute Gasteiger partial charge is 0.143 e. The Balaban J connectivity index is 1.46. The van der Waals surface area contributed by atoms with Crippen LogP contribution >= 0.6 is 0 Å². The molecule has 1 aromatic heterocycles. The monoisotopic (exact) mass is 561 g/mol. The summed E-state index contributed by atoms with van der Waals surface area (Å²) in [6, 6.07) is 10.3. The third kappa shape index (κ3) is 3.72. The zero-order valence-corrected chi connectivity index (χ0v) is 22.3. The van der Waals surface area contributed by atoms with Crippen molar-refractivity contribution >= 4 is 54.3 Å². The average Bonchev–Trinajstić information content (AvgIpc) is 3.61. The Morgan fingerprint density at radius 1 is 0.419 bits per heavy atom. The molecule has 0 saturated carbocycles. The van der Waals surface area contributed by atoms with Gasteiger partial charge in [0.1, 0.15) is 11.2 Å². The van der Waals surface area contributed by atoms with Crippen LogP contribution in [0.2, 0.25) is 0 Å². The van der Waals surface area contributed by atoms with Gasteiger partial charge in [-0.15, -0.1) is 0 Å². The summed E-state index contributed by atoms with van der Waals surface area (Å²) in [6.07, 6.45) is 0. The fraction of sp³-hybridized carbons (Fsp3) is 0. The molecule has 0 radical (unpaired) electrons. The van der Waals surface area contributed by atoms with Crippen LogP contribution in [-0.2, 0) is 0 Å². The summed E-state index contributed by atoms with van der Waals surface area (Å²) in [4.78, 5) is 0. The van der Waals surface area contributed by atoms with Crippen LogP contribution in [0, 0.1) is 0 Å². The Bertz CT molecular complexity index is 3250. The summed E-state index contributed by atoms with van der Waals surface area (Å²) >= 11 is 0. The molecule has 43 heavy (non-hydrogen) atoms. The molecule has 0 bridgehead atoms. The van der Waals surface area contributed by atoms with Crippen molar-refractivity contribution in [2.75, 3.05) is 0 Å². The number of para-hydroxylation sites is 2. The molecular formula is C42H26O. The van der Waals surface area contributed by atoms with Gasteiger partial charge in [-0.1, -0.05) is 145 Å². The van der Waals surface area contributed by atoms with E-state index in [9.17, 15) is 8.22 Å². The second-order valence-electron chi connectivity index (χ2n) is 10.1. The van der Waals surface area contributed by atoms with E-state index in [4.69, 9.17) is 16.8 Å². The Morgan fingerprint density at radius 3 is 1.72 bits per heavy atom. The van der Waals surface area contributed by atoms with Gasteiger partial charge in [0.05, 0.1) is 20.6 Å². The highest BCUT2D eigenvalue weighted by Gasteiger charge is 2.17. The van der Waals surface area contributed by atoms with Crippen molar-refractivity contribution < 1.29 is 25.0 Å². The number of furan rings is 1. The van der Waals surface area contributed by atoms with Crippen molar-refractivity contribution in [3.8, 4) is 33.4 Å². The predicted molar refractivity (Wildman–Crippen MR) is 183 cm³/mol. The third-order valence-electron chi connectivity index (χ3n) is 7.76. The maximum absolute atomic E-state index is 9.38. The molecule has 1 nitrogen and oxygen atoms in total. The van der Waals surface area contributed by atoms with Gasteiger partial charge < -0.3 is 4.42 Å². The number of rotatable bonds is 3. The Morgan fingerprint density at radius 2 is 1.00 bits per heavy atom. The standard InChI is InChI=1S/C42H26O/c1-2-11-30-26-31(25-20-27(30)10-1)41-36-15-5-3-13-34(36)40(35-14-4-6-16-37(35)41)29-23-21-28(22-24-29)32-17-9-18-38-33-12-7-8-19-39(33)43-42(32)38/h1-26H/i1D,2D,3D,4D,5D,6D,10D,11D,13D,14D,15D,16D,20D,25D,26D. The zero-order valence-electron chi connectivity index (χ0n) is 37.3. The van der Waals surface area contributed by atoms with E-state index in [0.717, 1.165) is 21.9 Å². The van der Waals surface area contributed by atoms with Crippen molar-refractivity contribution in [2.45, 2.75) is 0 Å². The molecule has 9 rings (SSSR count). The molecule has 0 aliphatic rings. The fourth-order valence-electron chi connectivity index (χ4n) is 5.86. The van der Waals surface area contributed by atoms with Crippen LogP contribution in [0.15, 0.2) is 162 Å². The molecule has 0 saturated heterocycles. The Kier molecular flexibility index (Phi) is 2.97. The van der Waals surface area contributed by atoms with Crippen LogP contribution in [0.25, 0.3) is 87.6 Å². The molecule has 8 aromatic carbocycles. The van der Waals surface area contributed by atoms with E-state index in [2.05, 4.69) is 0 Å². The second kappa shape index (κ2) is 9.44. The van der Waals surface area contributed by atoms with Gasteiger partial charge in [0.2, 0.25) is 0 Å². The van der Waals surface area contributed by atoms with E-state index in [1.165, 1.54) is 0 Å². The van der Waals surface area contributed by atoms with Gasteiger partial charge in [-0.05, 0) is 72.2 Å². The first-order chi connectivity index (χ1) is 27.6. The summed E-state index contributed by atoms with van der Waals surface area (Å²) in [7, 11) is 0. The first kappa shape index (κ1) is 13.5. The topological polar surface area (TPSA) is 13.1 Å². The fourth-order valence-corrected chi connectivity index (χ4v) is 5.86. The molecule has 0 unspecified atom stereocenters. The van der Waals surface area contributed by atoms with Gasteiger partial charge in [0.15, 0.2) is 0 Å². The maximum Gasteiger partial charge on any atom is 0.143 e. The minimum absolute atomic E-state index is 0.0353. The molecule has 0 amide bonds. The minimum Gasteiger partial charge on any atom is -0.455 e. The molecule has 9 aromatic rings. The van der Waals surface area contributed by atoms with Gasteiger partial charge in [0.25, 0.3) is 0 Å². The van der Waals surface area contributed by atoms with Crippen LogP contribution in [-0.4, -0.2) is 0 Å². The van der Waals surface area contributed by atoms with Crippen LogP contribution in [0.1, 0.15) is 20.6 Å². The predicted octanol–water partition coefficient (Wildman–Crippen LogP) is 12.0. The minimum atomic E-state index is -0.734. The molecule has 0 N–H and O–H groups in total. The van der Waals surface area contributed by atoms with Gasteiger partial charge in [-0.3, -0.25) is 0 Å². The van der Waals surface area contributed by atoms with E-state index in [1.807, 2.05) is 42.5 Å². The van der Waals surface area contributed by atoms with E-state index < -0.39 is 107 Å². The first-order valence-electron chi connectivity index (χ1n) is 21.1. The lowest BCUT2D eigenvalue weighted by molar-refractivity contribution is 0.670. The largest absolute Gasteiger partial charge is 0.455 e. The summed E-state index contributed by atoms with van der Waals surface area (Å²) in [5, 5.41) is 0.0681. The van der Waals surface area contributed by atoms with Crippen molar-refractivity contribution in [2.24, 2.45) is 0 Å². The Labute approximate surface area is 270 Å². The number of hydrogen-bond donors (Lipinski definition) is 0. The molecule has 0 fully saturated rings. The first-order valence-corrected chi connectivity index (χ1v) is 13.6. The van der Waals surface area contributed by atoms with Crippen molar-refractivity contribution in [3.05, 3.63) is 157 Å². The Hall–Kier alpha value is -5.66. The lowest BCUT2D eigenvalue weighted by Gasteiger charge is -2.18. The molecule has 0 atom stereocenters. The molecule has 0 spiro atoms. The second-order valence-corrected chi connectivity index (χ2v) is 10.1. The summed E-state index contributed by atoms with van der Waals surface area (Å²) in [6.45, 7) is 0. The highest BCUT2D eigenvalue weighted by atomic mass is 16.3. The lowest BCUT2D eigenvalue weighted by atomic mass is 9.85. The molecule has 0 aliphatic carbocycles. The number of fused-ring (bicyclic) bond motifs is 6. The molecular weight excluding hydrogens is 520 g/mol. The molecule has 1 heteroatoms. The van der Waals surface area contributed by atoms with Crippen LogP contribution in [0.4, 0.5) is 0 Å². The highest BCUT2D eigenvalue weighted by Crippen LogP contribution is 2.44. The van der Waals surface area contributed by atoms with Crippen LogP contribution < -0.4 is 0 Å². The number of benzene rings is 8. The van der Waals surface area contributed by atoms with Crippen molar-refractivity contribution in [3.63, 3.8) is 0 Å². The normalized spacial score (nSPS) is 16.6. The van der Waals surface area contributed by atoms with E-state index >= 15 is 0 Å². The van der Waals surface area contributed by atoms with Crippen molar-refractivity contribution in [1.82, 2.24) is 0 Å². The van der Waals surface area contributed by atoms with Gasteiger partial charge in [-0.25, -0.2) is 0 Å². The quantitative estimate of drug-likeness (QED) is 0.196. The van der Waals surface area contributed by atoms with E-state index in [-0.39, 0.29) is 32.7 Å². The van der Waals surface area contributed by atoms with E-state index in [0.29, 0.717) is 16.7 Å². The molecule has 1 heterocycles. The van der Waals surface area contributed by atoms with Gasteiger partial charge in [-0.2, -0.15) is 0 Å². The van der Waals surface area contributed by atoms with Crippen LogP contribution in [0.5, 0.6) is 0 Å². The summed E-state index contributed by atoms with van der Waals surface area (Å²) in [5.74, 6) is 0. The van der Waals surface area contributed by atoms with Gasteiger partial charge >= 0.3 is 0 Å². The average molecular weight is 562 g/mol. The SMILES string of the molecule is [2H]c1c([2H])c([2H])c2c([2H])c(-c3c4c([2H])c([2H])c([2H])c([2H])c4c(-c4ccc(-c5cccc6c5oc5ccccc56)cc4)c4c([2H])c([2H])c([2H])c([2H])c34)c([2H])c([2H])c2c1[2H]. The van der Waals surface area contributed by atoms with Crippen molar-refractivity contribution in [1.29, 1.82) is 0 Å². The molecule has 0 aliphatic heterocycles. The van der Waals surface area contributed by atoms with Crippen LogP contribution in [0.3, 0.4) is 0 Å². The zero-order chi connectivity index (χ0) is 41.4.